The number of halogens is 6. The predicted octanol–water partition coefficient (Wildman–Crippen LogP) is 6.56. The summed E-state index contributed by atoms with van der Waals surface area (Å²) in [6, 6.07) is 6.27. The number of aromatic hydroxyl groups is 1. The smallest absolute Gasteiger partial charge is 0.319 e. The summed E-state index contributed by atoms with van der Waals surface area (Å²) < 4.78 is 83.6. The molecule has 4 atom stereocenters. The SMILES string of the molecule is C#Cc1c(F)ccc2cc(O)cc(-c3c(Cl)cc4c(N5CC6(F)CCC(F)(C5)N6)nc(OC[C@@]56CCCN5C[C@H](F)C6)nc4c3F)c12. The van der Waals surface area contributed by atoms with Gasteiger partial charge in [0, 0.05) is 42.1 Å². The van der Waals surface area contributed by atoms with Gasteiger partial charge in [-0.3, -0.25) is 4.90 Å². The normalized spacial score (nSPS) is 28.7. The van der Waals surface area contributed by atoms with E-state index < -0.39 is 34.9 Å². The van der Waals surface area contributed by atoms with E-state index in [1.54, 1.807) is 0 Å². The fourth-order valence-electron chi connectivity index (χ4n) is 8.09. The lowest BCUT2D eigenvalue weighted by molar-refractivity contribution is 0.0435. The lowest BCUT2D eigenvalue weighted by Crippen LogP contribution is -2.62. The molecule has 4 aliphatic heterocycles. The van der Waals surface area contributed by atoms with Gasteiger partial charge in [-0.25, -0.2) is 27.3 Å². The van der Waals surface area contributed by atoms with Crippen LogP contribution in [0.1, 0.15) is 37.7 Å². The predicted molar refractivity (Wildman–Crippen MR) is 168 cm³/mol. The molecule has 1 aromatic heterocycles. The molecule has 4 aliphatic rings. The van der Waals surface area contributed by atoms with Gasteiger partial charge in [0.2, 0.25) is 0 Å². The van der Waals surface area contributed by atoms with E-state index in [2.05, 4.69) is 21.2 Å². The molecule has 4 fully saturated rings. The summed E-state index contributed by atoms with van der Waals surface area (Å²) >= 11 is 6.75. The van der Waals surface area contributed by atoms with Gasteiger partial charge in [0.05, 0.1) is 29.2 Å². The molecule has 0 amide bonds. The minimum Gasteiger partial charge on any atom is -0.508 e. The standard InChI is InChI=1S/C34H29ClF5N5O2/c1-2-21-25(37)5-4-18-10-20(46)11-22(26(18)21)27-24(35)12-23-29(28(27)38)41-31(47-17-32-6-3-9-45(32)14-19(36)13-32)42-30(23)44-15-33(39)7-8-34(40,16-44)43-33/h1,4-5,10-12,19,43,46H,3,6-9,13-17H2/t19-,32+,33?,34?/m1/s1. The Labute approximate surface area is 271 Å². The number of phenols is 1. The number of nitrogens with zero attached hydrogens (tertiary/aromatic N) is 4. The van der Waals surface area contributed by atoms with E-state index in [4.69, 9.17) is 22.8 Å². The summed E-state index contributed by atoms with van der Waals surface area (Å²) in [4.78, 5) is 12.4. The fraction of sp³-hybridized carbons (Fsp3) is 0.412. The van der Waals surface area contributed by atoms with Crippen LogP contribution in [0, 0.1) is 24.0 Å². The first kappa shape index (κ1) is 30.4. The summed E-state index contributed by atoms with van der Waals surface area (Å²) in [6.07, 6.45) is 6.36. The van der Waals surface area contributed by atoms with Gasteiger partial charge >= 0.3 is 6.01 Å². The Morgan fingerprint density at radius 1 is 1.11 bits per heavy atom. The molecule has 0 radical (unpaired) electrons. The number of rotatable bonds is 5. The first-order valence-electron chi connectivity index (χ1n) is 15.5. The van der Waals surface area contributed by atoms with Crippen LogP contribution in [0.15, 0.2) is 30.3 Å². The minimum absolute atomic E-state index is 0.0106. The van der Waals surface area contributed by atoms with Crippen molar-refractivity contribution in [2.24, 2.45) is 0 Å². The largest absolute Gasteiger partial charge is 0.508 e. The van der Waals surface area contributed by atoms with Crippen molar-refractivity contribution in [2.45, 2.75) is 55.4 Å². The molecular formula is C34H29ClF5N5O2. The van der Waals surface area contributed by atoms with Crippen LogP contribution in [-0.4, -0.2) is 76.1 Å². The number of benzene rings is 3. The molecule has 2 unspecified atom stereocenters. The van der Waals surface area contributed by atoms with Gasteiger partial charge in [-0.1, -0.05) is 23.6 Å². The van der Waals surface area contributed by atoms with Crippen LogP contribution < -0.4 is 15.0 Å². The number of hydrogen-bond donors (Lipinski definition) is 2. The summed E-state index contributed by atoms with van der Waals surface area (Å²) in [6.45, 7) is 0.479. The number of ether oxygens (including phenoxy) is 1. The maximum Gasteiger partial charge on any atom is 0.319 e. The van der Waals surface area contributed by atoms with Crippen molar-refractivity contribution in [1.29, 1.82) is 0 Å². The molecule has 4 saturated heterocycles. The van der Waals surface area contributed by atoms with E-state index in [0.717, 1.165) is 19.0 Å². The van der Waals surface area contributed by atoms with Crippen molar-refractivity contribution in [3.63, 3.8) is 0 Å². The molecule has 7 nitrogen and oxygen atoms in total. The topological polar surface area (TPSA) is 73.8 Å². The second-order valence-corrected chi connectivity index (χ2v) is 13.6. The van der Waals surface area contributed by atoms with E-state index in [1.807, 2.05) is 4.90 Å². The Bertz CT molecular complexity index is 2010. The molecule has 4 aromatic rings. The van der Waals surface area contributed by atoms with Gasteiger partial charge in [0.1, 0.15) is 35.7 Å². The number of nitrogens with one attached hydrogen (secondary N) is 1. The molecular weight excluding hydrogens is 641 g/mol. The Kier molecular flexibility index (Phi) is 6.82. The average Bonchev–Trinajstić information content (AvgIpc) is 3.61. The molecule has 2 bridgehead atoms. The van der Waals surface area contributed by atoms with Gasteiger partial charge in [-0.15, -0.1) is 6.42 Å². The third-order valence-electron chi connectivity index (χ3n) is 10.1. The Balaban J connectivity index is 1.32. The summed E-state index contributed by atoms with van der Waals surface area (Å²) in [7, 11) is 0. The molecule has 244 valence electrons. The first-order chi connectivity index (χ1) is 22.4. The monoisotopic (exact) mass is 669 g/mol. The number of piperazine rings is 1. The summed E-state index contributed by atoms with van der Waals surface area (Å²) in [5.74, 6) is -3.71. The van der Waals surface area contributed by atoms with Crippen molar-refractivity contribution in [1.82, 2.24) is 20.2 Å². The zero-order chi connectivity index (χ0) is 32.9. The minimum atomic E-state index is -2.05. The fourth-order valence-corrected chi connectivity index (χ4v) is 8.39. The number of phenolic OH excluding ortho intramolecular Hbond substituents is 1. The molecule has 0 spiro atoms. The van der Waals surface area contributed by atoms with E-state index in [0.29, 0.717) is 18.4 Å². The third kappa shape index (κ3) is 4.85. The third-order valence-corrected chi connectivity index (χ3v) is 10.4. The number of aromatic nitrogens is 2. The highest BCUT2D eigenvalue weighted by molar-refractivity contribution is 6.35. The number of hydrogen-bond acceptors (Lipinski definition) is 7. The van der Waals surface area contributed by atoms with E-state index in [1.165, 1.54) is 29.2 Å². The van der Waals surface area contributed by atoms with E-state index in [-0.39, 0.29) is 94.5 Å². The number of fused-ring (bicyclic) bond motifs is 5. The lowest BCUT2D eigenvalue weighted by atomic mass is 9.93. The Hall–Kier alpha value is -3.92. The summed E-state index contributed by atoms with van der Waals surface area (Å²) in [5.41, 5.74) is -1.20. The Morgan fingerprint density at radius 2 is 1.87 bits per heavy atom. The van der Waals surface area contributed by atoms with Gasteiger partial charge in [-0.2, -0.15) is 9.97 Å². The lowest BCUT2D eigenvalue weighted by Gasteiger charge is -2.40. The van der Waals surface area contributed by atoms with Crippen molar-refractivity contribution in [3.05, 3.63) is 52.6 Å². The van der Waals surface area contributed by atoms with E-state index in [9.17, 15) is 13.9 Å². The molecule has 47 heavy (non-hydrogen) atoms. The van der Waals surface area contributed by atoms with Crippen LogP contribution in [0.2, 0.25) is 5.02 Å². The maximum atomic E-state index is 17.0. The molecule has 3 aromatic carbocycles. The van der Waals surface area contributed by atoms with Crippen LogP contribution in [0.3, 0.4) is 0 Å². The molecule has 5 heterocycles. The second kappa shape index (κ2) is 10.5. The van der Waals surface area contributed by atoms with Crippen molar-refractivity contribution >= 4 is 39.1 Å². The molecule has 8 rings (SSSR count). The van der Waals surface area contributed by atoms with Gasteiger partial charge in [-0.05, 0) is 54.6 Å². The summed E-state index contributed by atoms with van der Waals surface area (Å²) in [5, 5.41) is 13.4. The number of terminal acetylenes is 1. The highest BCUT2D eigenvalue weighted by Crippen LogP contribution is 2.46. The van der Waals surface area contributed by atoms with Gasteiger partial charge in [0.15, 0.2) is 17.4 Å². The zero-order valence-corrected chi connectivity index (χ0v) is 25.8. The van der Waals surface area contributed by atoms with Crippen LogP contribution in [0.5, 0.6) is 11.8 Å². The van der Waals surface area contributed by atoms with Crippen molar-refractivity contribution in [2.75, 3.05) is 37.7 Å². The first-order valence-corrected chi connectivity index (χ1v) is 15.8. The highest BCUT2D eigenvalue weighted by Gasteiger charge is 2.55. The van der Waals surface area contributed by atoms with Crippen molar-refractivity contribution in [3.8, 4) is 35.2 Å². The van der Waals surface area contributed by atoms with Crippen molar-refractivity contribution < 1.29 is 31.8 Å². The zero-order valence-electron chi connectivity index (χ0n) is 25.0. The highest BCUT2D eigenvalue weighted by atomic mass is 35.5. The second-order valence-electron chi connectivity index (χ2n) is 13.2. The van der Waals surface area contributed by atoms with Gasteiger partial charge in [0.25, 0.3) is 0 Å². The van der Waals surface area contributed by atoms with Crippen LogP contribution in [0.25, 0.3) is 32.8 Å². The Morgan fingerprint density at radius 3 is 2.62 bits per heavy atom. The maximum absolute atomic E-state index is 17.0. The molecule has 0 aliphatic carbocycles. The number of alkyl halides is 3. The average molecular weight is 670 g/mol. The quantitative estimate of drug-likeness (QED) is 0.142. The molecule has 13 heteroatoms. The van der Waals surface area contributed by atoms with E-state index >= 15 is 13.2 Å². The number of anilines is 1. The van der Waals surface area contributed by atoms with Crippen LogP contribution >= 0.6 is 11.6 Å². The molecule has 2 N–H and O–H groups in total. The van der Waals surface area contributed by atoms with Crippen LogP contribution in [0.4, 0.5) is 27.8 Å². The van der Waals surface area contributed by atoms with Gasteiger partial charge < -0.3 is 14.7 Å². The van der Waals surface area contributed by atoms with Crippen LogP contribution in [-0.2, 0) is 0 Å². The molecule has 0 saturated carbocycles.